The lowest BCUT2D eigenvalue weighted by Gasteiger charge is -2.36. The molecular weight excluding hydrogens is 576 g/mol. The van der Waals surface area contributed by atoms with Crippen LogP contribution in [0.1, 0.15) is 203 Å². The second-order valence-electron chi connectivity index (χ2n) is 18.7. The molecule has 0 saturated heterocycles. The second kappa shape index (κ2) is 27.6. The molecule has 6 atom stereocenters. The van der Waals surface area contributed by atoms with Crippen molar-refractivity contribution in [3.05, 3.63) is 0 Å². The predicted molar refractivity (Wildman–Crippen MR) is 217 cm³/mol. The Balaban J connectivity index is -0.000000161. The van der Waals surface area contributed by atoms with Crippen LogP contribution in [-0.2, 0) is 0 Å². The average molecular weight is 676 g/mol. The summed E-state index contributed by atoms with van der Waals surface area (Å²) >= 11 is 0. The molecule has 0 spiro atoms. The third kappa shape index (κ3) is 22.3. The van der Waals surface area contributed by atoms with Crippen molar-refractivity contribution in [2.24, 2.45) is 82.9 Å². The number of hydrogen-bond donors (Lipinski definition) is 0. The minimum absolute atomic E-state index is 0. The van der Waals surface area contributed by atoms with Crippen LogP contribution in [0.3, 0.4) is 0 Å². The zero-order valence-electron chi connectivity index (χ0n) is 34.9. The van der Waals surface area contributed by atoms with E-state index in [1.807, 2.05) is 0 Å². The third-order valence-electron chi connectivity index (χ3n) is 14.0. The molecule has 5 rings (SSSR count). The summed E-state index contributed by atoms with van der Waals surface area (Å²) in [5, 5.41) is 0. The van der Waals surface area contributed by atoms with Crippen molar-refractivity contribution in [2.45, 2.75) is 200 Å². The van der Waals surface area contributed by atoms with Crippen LogP contribution in [0, 0.1) is 82.9 Å². The molecule has 6 N–H and O–H groups in total. The summed E-state index contributed by atoms with van der Waals surface area (Å²) in [6.07, 6.45) is 23.5. The molecule has 6 unspecified atom stereocenters. The number of hydrogen-bond acceptors (Lipinski definition) is 0. The molecule has 0 amide bonds. The Morgan fingerprint density at radius 3 is 0.638 bits per heavy atom. The van der Waals surface area contributed by atoms with Gasteiger partial charge in [0.25, 0.3) is 0 Å². The van der Waals surface area contributed by atoms with Gasteiger partial charge < -0.3 is 16.4 Å². The van der Waals surface area contributed by atoms with Gasteiger partial charge in [-0.25, -0.2) is 0 Å². The Hall–Kier alpha value is -0.120. The maximum absolute atomic E-state index is 2.41. The van der Waals surface area contributed by atoms with E-state index in [1.54, 1.807) is 0 Å². The second-order valence-corrected chi connectivity index (χ2v) is 18.7. The summed E-state index contributed by atoms with van der Waals surface area (Å²) in [5.74, 6) is 13.8. The van der Waals surface area contributed by atoms with Gasteiger partial charge in [-0.3, -0.25) is 0 Å². The van der Waals surface area contributed by atoms with Gasteiger partial charge in [0.2, 0.25) is 0 Å². The highest BCUT2D eigenvalue weighted by molar-refractivity contribution is 4.79. The minimum atomic E-state index is 0. The van der Waals surface area contributed by atoms with Crippen LogP contribution >= 0.6 is 0 Å². The van der Waals surface area contributed by atoms with E-state index in [0.29, 0.717) is 0 Å². The van der Waals surface area contributed by atoms with Crippen LogP contribution in [0.25, 0.3) is 0 Å². The van der Waals surface area contributed by atoms with Crippen molar-refractivity contribution in [1.29, 1.82) is 0 Å². The van der Waals surface area contributed by atoms with Gasteiger partial charge in [0.1, 0.15) is 0 Å². The fourth-order valence-electron chi connectivity index (χ4n) is 8.72. The maximum Gasteiger partial charge on any atom is 0 e. The molecule has 292 valence electrons. The summed E-state index contributed by atoms with van der Waals surface area (Å²) in [6, 6.07) is 0. The monoisotopic (exact) mass is 676 g/mol. The summed E-state index contributed by atoms with van der Waals surface area (Å²) in [4.78, 5) is 0. The lowest BCUT2D eigenvalue weighted by Crippen LogP contribution is -2.27. The fraction of sp³-hybridized carbons (Fsp3) is 1.00. The van der Waals surface area contributed by atoms with E-state index >= 15 is 0 Å². The Morgan fingerprint density at radius 2 is 0.447 bits per heavy atom. The van der Waals surface area contributed by atoms with Gasteiger partial charge in [-0.15, -0.1) is 0 Å². The molecule has 5 saturated carbocycles. The Bertz CT molecular complexity index is 580. The highest BCUT2D eigenvalue weighted by Gasteiger charge is 2.29. The highest BCUT2D eigenvalue weighted by atomic mass is 16.0. The van der Waals surface area contributed by atoms with Crippen molar-refractivity contribution in [2.75, 3.05) is 0 Å². The van der Waals surface area contributed by atoms with Crippen molar-refractivity contribution in [3.8, 4) is 0 Å². The summed E-state index contributed by atoms with van der Waals surface area (Å²) in [5.41, 5.74) is 0. The van der Waals surface area contributed by atoms with Crippen LogP contribution < -0.4 is 0 Å². The van der Waals surface area contributed by atoms with Crippen LogP contribution in [0.5, 0.6) is 0 Å². The van der Waals surface area contributed by atoms with Crippen LogP contribution in [-0.4, -0.2) is 16.4 Å². The molecule has 0 aromatic rings. The maximum atomic E-state index is 2.41. The van der Waals surface area contributed by atoms with E-state index in [1.165, 1.54) is 103 Å². The first-order valence-corrected chi connectivity index (χ1v) is 20.6. The quantitative estimate of drug-likeness (QED) is 0.244. The van der Waals surface area contributed by atoms with Gasteiger partial charge >= 0.3 is 0 Å². The summed E-state index contributed by atoms with van der Waals surface area (Å²) in [6.45, 7) is 33.4. The van der Waals surface area contributed by atoms with Crippen LogP contribution in [0.4, 0.5) is 0 Å². The largest absolute Gasteiger partial charge is 0.412 e. The van der Waals surface area contributed by atoms with E-state index in [9.17, 15) is 0 Å². The molecule has 3 nitrogen and oxygen atoms in total. The minimum Gasteiger partial charge on any atom is -0.412 e. The fourth-order valence-corrected chi connectivity index (χ4v) is 8.72. The Labute approximate surface area is 301 Å². The first kappa shape index (κ1) is 51.3. The molecule has 0 aliphatic heterocycles. The molecule has 3 heteroatoms. The summed E-state index contributed by atoms with van der Waals surface area (Å²) in [7, 11) is 0. The lowest BCUT2D eigenvalue weighted by atomic mass is 9.69. The zero-order chi connectivity index (χ0) is 33.4. The van der Waals surface area contributed by atoms with Crippen LogP contribution in [0.2, 0.25) is 0 Å². The first-order valence-electron chi connectivity index (χ1n) is 20.6. The van der Waals surface area contributed by atoms with E-state index in [4.69, 9.17) is 0 Å². The standard InChI is InChI=1S/2C10H20.3C8H16.3H2O.2H2/c1-7-5-8(2)10(4)9(3)6-7;1-7-5-6-8(2)10(4)9(7)3;3*1-7-3-5-8(2)6-4-7;;;;;/h2*7-10H,5-6H2,1-4H3;3*7-8H,3-6H2,1-2H3;3*1H2;2*1H/i;;;;;;;;1+1;. The Kier molecular flexibility index (Phi) is 30.1. The van der Waals surface area contributed by atoms with Crippen molar-refractivity contribution < 1.29 is 19.3 Å². The molecule has 47 heavy (non-hydrogen) atoms. The molecule has 0 aromatic carbocycles. The molecule has 0 radical (unpaired) electrons. The third-order valence-corrected chi connectivity index (χ3v) is 14.0. The van der Waals surface area contributed by atoms with Gasteiger partial charge in [-0.1, -0.05) is 187 Å². The van der Waals surface area contributed by atoms with Gasteiger partial charge in [0.15, 0.2) is 0 Å². The summed E-state index contributed by atoms with van der Waals surface area (Å²) < 4.78 is 0. The average Bonchev–Trinajstić information content (AvgIpc) is 2.98. The molecule has 5 aliphatic rings. The number of rotatable bonds is 0. The van der Waals surface area contributed by atoms with Gasteiger partial charge in [-0.05, 0) is 95.7 Å². The van der Waals surface area contributed by atoms with E-state index in [-0.39, 0.29) is 19.3 Å². The predicted octanol–water partition coefficient (Wildman–Crippen LogP) is 13.2. The molecular formula is C44H98O3. The Morgan fingerprint density at radius 1 is 0.255 bits per heavy atom. The van der Waals surface area contributed by atoms with Crippen LogP contribution in [0.15, 0.2) is 0 Å². The van der Waals surface area contributed by atoms with E-state index in [0.717, 1.165) is 82.9 Å². The molecule has 5 aliphatic carbocycles. The van der Waals surface area contributed by atoms with E-state index < -0.39 is 0 Å². The highest BCUT2D eigenvalue weighted by Crippen LogP contribution is 2.38. The van der Waals surface area contributed by atoms with Gasteiger partial charge in [0.05, 0.1) is 0 Å². The topological polar surface area (TPSA) is 94.5 Å². The smallest absolute Gasteiger partial charge is 0 e. The zero-order valence-corrected chi connectivity index (χ0v) is 34.9. The molecule has 5 fully saturated rings. The molecule has 0 heterocycles. The van der Waals surface area contributed by atoms with Gasteiger partial charge in [0, 0.05) is 2.85 Å². The van der Waals surface area contributed by atoms with E-state index in [2.05, 4.69) is 96.9 Å². The molecule has 0 aromatic heterocycles. The molecule has 0 bridgehead atoms. The van der Waals surface area contributed by atoms with Crippen molar-refractivity contribution in [3.63, 3.8) is 0 Å². The van der Waals surface area contributed by atoms with Gasteiger partial charge in [-0.2, -0.15) is 0 Å². The van der Waals surface area contributed by atoms with Crippen molar-refractivity contribution >= 4 is 0 Å². The normalized spacial score (nSPS) is 41.2. The lowest BCUT2D eigenvalue weighted by molar-refractivity contribution is 0.137. The first-order chi connectivity index (χ1) is 20.6. The SMILES string of the molecule is CC1CC(C)C(C)C(C)C1.CC1CCC(C)C(C)C1C.CC1CCC(C)CC1.CC1CCC(C)CC1.CC1CCC(C)CC1.O.O.O.[2HH].[HH]. The van der Waals surface area contributed by atoms with Crippen molar-refractivity contribution in [1.82, 2.24) is 0 Å².